The number of rotatable bonds is 6. The average Bonchev–Trinajstić information content (AvgIpc) is 2.67. The van der Waals surface area contributed by atoms with Crippen LogP contribution in [0, 0.1) is 0 Å². The average molecular weight is 356 g/mol. The molecule has 6 heteroatoms. The largest absolute Gasteiger partial charge is 0.497 e. The van der Waals surface area contributed by atoms with Crippen molar-refractivity contribution in [2.45, 2.75) is 19.5 Å². The summed E-state index contributed by atoms with van der Waals surface area (Å²) >= 11 is 0. The summed E-state index contributed by atoms with van der Waals surface area (Å²) < 4.78 is 16.3. The van der Waals surface area contributed by atoms with Gasteiger partial charge in [-0.2, -0.15) is 0 Å². The van der Waals surface area contributed by atoms with E-state index in [1.807, 2.05) is 55.3 Å². The van der Waals surface area contributed by atoms with Gasteiger partial charge in [0.25, 0.3) is 0 Å². The van der Waals surface area contributed by atoms with E-state index < -0.39 is 0 Å². The number of nitrogens with zero attached hydrogens (tertiary/aromatic N) is 1. The van der Waals surface area contributed by atoms with E-state index in [9.17, 15) is 4.79 Å². The summed E-state index contributed by atoms with van der Waals surface area (Å²) in [6.45, 7) is 3.59. The van der Waals surface area contributed by atoms with Gasteiger partial charge in [-0.1, -0.05) is 12.1 Å². The maximum absolute atomic E-state index is 12.6. The number of likely N-dealkylation sites (N-methyl/N-ethyl adjacent to an activating group) is 1. The highest BCUT2D eigenvalue weighted by Gasteiger charge is 2.19. The highest BCUT2D eigenvalue weighted by atomic mass is 16.6. The van der Waals surface area contributed by atoms with Gasteiger partial charge in [0.15, 0.2) is 11.5 Å². The summed E-state index contributed by atoms with van der Waals surface area (Å²) in [5.74, 6) is 2.10. The van der Waals surface area contributed by atoms with E-state index in [1.54, 1.807) is 13.2 Å². The van der Waals surface area contributed by atoms with Crippen molar-refractivity contribution in [3.63, 3.8) is 0 Å². The molecule has 6 nitrogen and oxygen atoms in total. The number of anilines is 1. The Bertz CT molecular complexity index is 778. The van der Waals surface area contributed by atoms with E-state index in [-0.39, 0.29) is 11.9 Å². The lowest BCUT2D eigenvalue weighted by molar-refractivity contribution is -0.120. The fraction of sp³-hybridized carbons (Fsp3) is 0.350. The Hall–Kier alpha value is -2.73. The number of benzene rings is 2. The Kier molecular flexibility index (Phi) is 5.63. The highest BCUT2D eigenvalue weighted by Crippen LogP contribution is 2.32. The monoisotopic (exact) mass is 356 g/mol. The standard InChI is InChI=1S/C20H24N2O4/c1-14(22(2)13-15-5-4-6-17(11-15)24-3)20(23)21-16-7-8-18-19(12-16)26-10-9-25-18/h4-8,11-12,14H,9-10,13H2,1-3H3,(H,21,23)/t14-/m1/s1. The first-order valence-corrected chi connectivity index (χ1v) is 8.60. The van der Waals surface area contributed by atoms with Crippen LogP contribution < -0.4 is 19.5 Å². The second-order valence-electron chi connectivity index (χ2n) is 6.29. The quantitative estimate of drug-likeness (QED) is 0.862. The first-order chi connectivity index (χ1) is 12.6. The van der Waals surface area contributed by atoms with Gasteiger partial charge in [0.2, 0.25) is 5.91 Å². The van der Waals surface area contributed by atoms with Gasteiger partial charge < -0.3 is 19.5 Å². The molecule has 0 aliphatic carbocycles. The third-order valence-corrected chi connectivity index (χ3v) is 4.42. The minimum absolute atomic E-state index is 0.0768. The lowest BCUT2D eigenvalue weighted by atomic mass is 10.1. The second-order valence-corrected chi connectivity index (χ2v) is 6.29. The Morgan fingerprint density at radius 1 is 1.19 bits per heavy atom. The zero-order valence-electron chi connectivity index (χ0n) is 15.3. The Balaban J connectivity index is 1.61. The molecule has 1 aliphatic heterocycles. The molecule has 1 aliphatic rings. The normalized spacial score (nSPS) is 14.0. The summed E-state index contributed by atoms with van der Waals surface area (Å²) in [5.41, 5.74) is 1.78. The first kappa shape index (κ1) is 18.1. The third-order valence-electron chi connectivity index (χ3n) is 4.42. The minimum Gasteiger partial charge on any atom is -0.497 e. The molecule has 0 spiro atoms. The van der Waals surface area contributed by atoms with Crippen molar-refractivity contribution >= 4 is 11.6 Å². The zero-order valence-corrected chi connectivity index (χ0v) is 15.3. The van der Waals surface area contributed by atoms with Crippen LogP contribution in [0.25, 0.3) is 0 Å². The maximum Gasteiger partial charge on any atom is 0.241 e. The number of carbonyl (C=O) groups is 1. The molecule has 1 N–H and O–H groups in total. The smallest absolute Gasteiger partial charge is 0.241 e. The van der Waals surface area contributed by atoms with E-state index in [4.69, 9.17) is 14.2 Å². The molecule has 2 aromatic rings. The molecule has 0 bridgehead atoms. The molecular weight excluding hydrogens is 332 g/mol. The molecule has 0 aromatic heterocycles. The molecule has 26 heavy (non-hydrogen) atoms. The molecule has 1 heterocycles. The minimum atomic E-state index is -0.297. The van der Waals surface area contributed by atoms with Crippen LogP contribution in [0.4, 0.5) is 5.69 Å². The number of nitrogens with one attached hydrogen (secondary N) is 1. The molecule has 1 atom stereocenters. The summed E-state index contributed by atoms with van der Waals surface area (Å²) in [6.07, 6.45) is 0. The maximum atomic E-state index is 12.6. The molecule has 0 saturated carbocycles. The SMILES string of the molecule is COc1cccc(CN(C)[C@H](C)C(=O)Nc2ccc3c(c2)OCCO3)c1. The molecule has 0 radical (unpaired) electrons. The number of amides is 1. The van der Waals surface area contributed by atoms with Crippen molar-refractivity contribution < 1.29 is 19.0 Å². The van der Waals surface area contributed by atoms with E-state index in [2.05, 4.69) is 5.32 Å². The topological polar surface area (TPSA) is 60.0 Å². The molecule has 3 rings (SSSR count). The van der Waals surface area contributed by atoms with E-state index >= 15 is 0 Å². The van der Waals surface area contributed by atoms with Crippen molar-refractivity contribution in [3.05, 3.63) is 48.0 Å². The summed E-state index contributed by atoms with van der Waals surface area (Å²) in [6, 6.07) is 13.0. The van der Waals surface area contributed by atoms with Gasteiger partial charge in [0.05, 0.1) is 13.2 Å². The Labute approximate surface area is 153 Å². The van der Waals surface area contributed by atoms with Crippen LogP contribution in [0.15, 0.2) is 42.5 Å². The molecule has 0 fully saturated rings. The molecular formula is C20H24N2O4. The van der Waals surface area contributed by atoms with Crippen molar-refractivity contribution in [2.24, 2.45) is 0 Å². The van der Waals surface area contributed by atoms with Gasteiger partial charge in [-0.15, -0.1) is 0 Å². The van der Waals surface area contributed by atoms with Gasteiger partial charge in [-0.25, -0.2) is 0 Å². The number of carbonyl (C=O) groups excluding carboxylic acids is 1. The number of ether oxygens (including phenoxy) is 3. The highest BCUT2D eigenvalue weighted by molar-refractivity contribution is 5.94. The summed E-state index contributed by atoms with van der Waals surface area (Å²) in [4.78, 5) is 14.6. The Morgan fingerprint density at radius 3 is 2.73 bits per heavy atom. The van der Waals surface area contributed by atoms with Gasteiger partial charge in [-0.05, 0) is 43.8 Å². The van der Waals surface area contributed by atoms with Crippen LogP contribution in [0.1, 0.15) is 12.5 Å². The van der Waals surface area contributed by atoms with Crippen molar-refractivity contribution in [1.82, 2.24) is 4.90 Å². The van der Waals surface area contributed by atoms with Gasteiger partial charge >= 0.3 is 0 Å². The van der Waals surface area contributed by atoms with E-state index in [0.29, 0.717) is 36.9 Å². The fourth-order valence-corrected chi connectivity index (χ4v) is 2.76. The first-order valence-electron chi connectivity index (χ1n) is 8.60. The van der Waals surface area contributed by atoms with Crippen LogP contribution >= 0.6 is 0 Å². The lowest BCUT2D eigenvalue weighted by Crippen LogP contribution is -2.39. The van der Waals surface area contributed by atoms with Crippen LogP contribution in [-0.2, 0) is 11.3 Å². The van der Waals surface area contributed by atoms with Crippen LogP contribution in [-0.4, -0.2) is 44.2 Å². The number of hydrogen-bond acceptors (Lipinski definition) is 5. The molecule has 1 amide bonds. The van der Waals surface area contributed by atoms with E-state index in [0.717, 1.165) is 11.3 Å². The summed E-state index contributed by atoms with van der Waals surface area (Å²) in [5, 5.41) is 2.94. The molecule has 138 valence electrons. The predicted molar refractivity (Wildman–Crippen MR) is 100.0 cm³/mol. The van der Waals surface area contributed by atoms with Crippen LogP contribution in [0.5, 0.6) is 17.2 Å². The summed E-state index contributed by atoms with van der Waals surface area (Å²) in [7, 11) is 3.57. The Morgan fingerprint density at radius 2 is 1.96 bits per heavy atom. The fourth-order valence-electron chi connectivity index (χ4n) is 2.76. The van der Waals surface area contributed by atoms with Crippen LogP contribution in [0.2, 0.25) is 0 Å². The lowest BCUT2D eigenvalue weighted by Gasteiger charge is -2.24. The van der Waals surface area contributed by atoms with Gasteiger partial charge in [-0.3, -0.25) is 9.69 Å². The number of fused-ring (bicyclic) bond motifs is 1. The molecule has 2 aromatic carbocycles. The molecule has 0 unspecified atom stereocenters. The van der Waals surface area contributed by atoms with Crippen molar-refractivity contribution in [2.75, 3.05) is 32.7 Å². The number of hydrogen-bond donors (Lipinski definition) is 1. The molecule has 0 saturated heterocycles. The predicted octanol–water partition coefficient (Wildman–Crippen LogP) is 2.93. The van der Waals surface area contributed by atoms with Crippen LogP contribution in [0.3, 0.4) is 0 Å². The van der Waals surface area contributed by atoms with E-state index in [1.165, 1.54) is 0 Å². The zero-order chi connectivity index (χ0) is 18.5. The number of methoxy groups -OCH3 is 1. The second kappa shape index (κ2) is 8.10. The van der Waals surface area contributed by atoms with Gasteiger partial charge in [0.1, 0.15) is 19.0 Å². The van der Waals surface area contributed by atoms with Gasteiger partial charge in [0, 0.05) is 18.3 Å². The van der Waals surface area contributed by atoms with Crippen molar-refractivity contribution in [1.29, 1.82) is 0 Å². The third kappa shape index (κ3) is 4.26. The van der Waals surface area contributed by atoms with Crippen molar-refractivity contribution in [3.8, 4) is 17.2 Å².